The van der Waals surface area contributed by atoms with E-state index < -0.39 is 5.97 Å². The van der Waals surface area contributed by atoms with E-state index in [0.717, 1.165) is 5.56 Å². The van der Waals surface area contributed by atoms with E-state index >= 15 is 0 Å². The topological polar surface area (TPSA) is 69.0 Å². The molecule has 2 aromatic rings. The Balaban J connectivity index is 2.02. The maximum absolute atomic E-state index is 12.4. The molecule has 0 saturated heterocycles. The van der Waals surface area contributed by atoms with E-state index in [0.29, 0.717) is 22.8 Å². The first-order valence-electron chi connectivity index (χ1n) is 7.49. The number of methoxy groups -OCH3 is 2. The summed E-state index contributed by atoms with van der Waals surface area (Å²) in [5, 5.41) is 0. The third-order valence-corrected chi connectivity index (χ3v) is 3.68. The largest absolute Gasteiger partial charge is 0.497 e. The number of carbonyl (C=O) groups excluding carboxylic acids is 2. The van der Waals surface area contributed by atoms with Gasteiger partial charge >= 0.3 is 5.97 Å². The summed E-state index contributed by atoms with van der Waals surface area (Å²) in [6.07, 6.45) is 0.261. The van der Waals surface area contributed by atoms with Crippen LogP contribution >= 0.6 is 0 Å². The summed E-state index contributed by atoms with van der Waals surface area (Å²) in [5.74, 6) is 1.22. The Hall–Kier alpha value is -2.76. The van der Waals surface area contributed by atoms with Crippen molar-refractivity contribution in [2.45, 2.75) is 19.9 Å². The molecule has 1 aromatic carbocycles. The Bertz CT molecular complexity index is 735. The number of rotatable bonds is 6. The van der Waals surface area contributed by atoms with Gasteiger partial charge in [0.25, 0.3) is 0 Å². The van der Waals surface area contributed by atoms with Crippen molar-refractivity contribution in [2.75, 3.05) is 21.3 Å². The van der Waals surface area contributed by atoms with Crippen molar-refractivity contribution in [3.8, 4) is 5.75 Å². The SMILES string of the molecule is COC(=O)c1cc(CN(C)C(=O)Cc2cccc(OC)c2)oc1C. The van der Waals surface area contributed by atoms with Crippen molar-refractivity contribution in [3.63, 3.8) is 0 Å². The van der Waals surface area contributed by atoms with Crippen molar-refractivity contribution in [1.29, 1.82) is 0 Å². The molecule has 24 heavy (non-hydrogen) atoms. The molecule has 0 atom stereocenters. The molecule has 128 valence electrons. The van der Waals surface area contributed by atoms with Gasteiger partial charge in [-0.1, -0.05) is 12.1 Å². The first kappa shape index (κ1) is 17.6. The summed E-state index contributed by atoms with van der Waals surface area (Å²) in [6.45, 7) is 1.97. The van der Waals surface area contributed by atoms with Crippen molar-refractivity contribution < 1.29 is 23.5 Å². The Labute approximate surface area is 141 Å². The molecule has 0 unspecified atom stereocenters. The molecule has 6 heteroatoms. The van der Waals surface area contributed by atoms with E-state index in [2.05, 4.69) is 0 Å². The minimum Gasteiger partial charge on any atom is -0.497 e. The lowest BCUT2D eigenvalue weighted by Gasteiger charge is -2.16. The van der Waals surface area contributed by atoms with E-state index in [-0.39, 0.29) is 18.9 Å². The molecule has 0 aliphatic rings. The molecule has 0 saturated carbocycles. The first-order valence-corrected chi connectivity index (χ1v) is 7.49. The fourth-order valence-electron chi connectivity index (χ4n) is 2.35. The van der Waals surface area contributed by atoms with Crippen LogP contribution in [0.15, 0.2) is 34.7 Å². The normalized spacial score (nSPS) is 10.3. The molecular weight excluding hydrogens is 310 g/mol. The Morgan fingerprint density at radius 2 is 1.96 bits per heavy atom. The van der Waals surface area contributed by atoms with Gasteiger partial charge < -0.3 is 18.8 Å². The summed E-state index contributed by atoms with van der Waals surface area (Å²) in [4.78, 5) is 25.5. The van der Waals surface area contributed by atoms with Crippen LogP contribution in [0.4, 0.5) is 0 Å². The van der Waals surface area contributed by atoms with Crippen molar-refractivity contribution in [2.24, 2.45) is 0 Å². The highest BCUT2D eigenvalue weighted by molar-refractivity contribution is 5.90. The zero-order valence-electron chi connectivity index (χ0n) is 14.3. The molecule has 0 bridgehead atoms. The van der Waals surface area contributed by atoms with Crippen LogP contribution in [-0.2, 0) is 22.5 Å². The third-order valence-electron chi connectivity index (χ3n) is 3.68. The number of benzene rings is 1. The third kappa shape index (κ3) is 4.16. The second kappa shape index (κ2) is 7.68. The van der Waals surface area contributed by atoms with Crippen LogP contribution in [0.3, 0.4) is 0 Å². The predicted molar refractivity (Wildman–Crippen MR) is 88.0 cm³/mol. The van der Waals surface area contributed by atoms with Gasteiger partial charge in [0, 0.05) is 7.05 Å². The average Bonchev–Trinajstić information content (AvgIpc) is 2.94. The lowest BCUT2D eigenvalue weighted by Crippen LogP contribution is -2.27. The number of aryl methyl sites for hydroxylation is 1. The highest BCUT2D eigenvalue weighted by Crippen LogP contribution is 2.18. The van der Waals surface area contributed by atoms with Crippen LogP contribution < -0.4 is 4.74 Å². The van der Waals surface area contributed by atoms with Gasteiger partial charge in [-0.05, 0) is 30.7 Å². The summed E-state index contributed by atoms with van der Waals surface area (Å²) < 4.78 is 15.4. The lowest BCUT2D eigenvalue weighted by atomic mass is 10.1. The van der Waals surface area contributed by atoms with E-state index in [9.17, 15) is 9.59 Å². The summed E-state index contributed by atoms with van der Waals surface area (Å²) >= 11 is 0. The van der Waals surface area contributed by atoms with Crippen LogP contribution in [0.2, 0.25) is 0 Å². The molecule has 1 heterocycles. The summed E-state index contributed by atoms with van der Waals surface area (Å²) in [7, 11) is 4.60. The summed E-state index contributed by atoms with van der Waals surface area (Å²) in [6, 6.07) is 8.99. The number of hydrogen-bond donors (Lipinski definition) is 0. The van der Waals surface area contributed by atoms with E-state index in [1.165, 1.54) is 7.11 Å². The number of nitrogens with zero attached hydrogens (tertiary/aromatic N) is 1. The second-order valence-corrected chi connectivity index (χ2v) is 5.45. The smallest absolute Gasteiger partial charge is 0.341 e. The van der Waals surface area contributed by atoms with Gasteiger partial charge in [-0.2, -0.15) is 0 Å². The Morgan fingerprint density at radius 1 is 1.21 bits per heavy atom. The molecule has 0 radical (unpaired) electrons. The molecule has 0 N–H and O–H groups in total. The molecule has 1 amide bonds. The fraction of sp³-hybridized carbons (Fsp3) is 0.333. The fourth-order valence-corrected chi connectivity index (χ4v) is 2.35. The highest BCUT2D eigenvalue weighted by Gasteiger charge is 2.18. The number of amides is 1. The minimum atomic E-state index is -0.451. The number of carbonyl (C=O) groups is 2. The van der Waals surface area contributed by atoms with Crippen LogP contribution in [-0.4, -0.2) is 38.0 Å². The monoisotopic (exact) mass is 331 g/mol. The predicted octanol–water partition coefficient (Wildman–Crippen LogP) is 2.58. The van der Waals surface area contributed by atoms with Gasteiger partial charge in [0.1, 0.15) is 22.8 Å². The lowest BCUT2D eigenvalue weighted by molar-refractivity contribution is -0.129. The van der Waals surface area contributed by atoms with Gasteiger partial charge in [0.15, 0.2) is 0 Å². The number of hydrogen-bond acceptors (Lipinski definition) is 5. The van der Waals surface area contributed by atoms with Gasteiger partial charge in [-0.15, -0.1) is 0 Å². The Morgan fingerprint density at radius 3 is 2.62 bits per heavy atom. The van der Waals surface area contributed by atoms with E-state index in [1.54, 1.807) is 32.0 Å². The quantitative estimate of drug-likeness (QED) is 0.761. The number of esters is 1. The molecule has 0 aliphatic heterocycles. The summed E-state index contributed by atoms with van der Waals surface area (Å²) in [5.41, 5.74) is 1.25. The molecule has 0 aliphatic carbocycles. The van der Waals surface area contributed by atoms with Gasteiger partial charge in [0.05, 0.1) is 27.2 Å². The van der Waals surface area contributed by atoms with Crippen molar-refractivity contribution >= 4 is 11.9 Å². The first-order chi connectivity index (χ1) is 11.4. The van der Waals surface area contributed by atoms with Crippen LogP contribution in [0.1, 0.15) is 27.4 Å². The maximum atomic E-state index is 12.4. The van der Waals surface area contributed by atoms with Gasteiger partial charge in [0.2, 0.25) is 5.91 Å². The molecule has 0 spiro atoms. The van der Waals surface area contributed by atoms with Crippen molar-refractivity contribution in [1.82, 2.24) is 4.90 Å². The number of furan rings is 1. The average molecular weight is 331 g/mol. The van der Waals surface area contributed by atoms with Gasteiger partial charge in [-0.3, -0.25) is 4.79 Å². The van der Waals surface area contributed by atoms with Crippen molar-refractivity contribution in [3.05, 3.63) is 53.0 Å². The van der Waals surface area contributed by atoms with Crippen LogP contribution in [0.5, 0.6) is 5.75 Å². The van der Waals surface area contributed by atoms with Crippen LogP contribution in [0.25, 0.3) is 0 Å². The molecular formula is C18H21NO5. The van der Waals surface area contributed by atoms with Crippen LogP contribution in [0, 0.1) is 6.92 Å². The molecule has 1 aromatic heterocycles. The zero-order chi connectivity index (χ0) is 17.7. The standard InChI is InChI=1S/C18H21NO5/c1-12-16(18(21)23-4)10-15(24-12)11-19(2)17(20)9-13-6-5-7-14(8-13)22-3/h5-8,10H,9,11H2,1-4H3. The zero-order valence-corrected chi connectivity index (χ0v) is 14.3. The number of likely N-dealkylation sites (N-methyl/N-ethyl adjacent to an activating group) is 1. The molecule has 0 fully saturated rings. The molecule has 6 nitrogen and oxygen atoms in total. The maximum Gasteiger partial charge on any atom is 0.341 e. The number of ether oxygens (including phenoxy) is 2. The highest BCUT2D eigenvalue weighted by atomic mass is 16.5. The van der Waals surface area contributed by atoms with Gasteiger partial charge in [-0.25, -0.2) is 4.79 Å². The molecule has 2 rings (SSSR count). The van der Waals surface area contributed by atoms with E-state index in [4.69, 9.17) is 13.9 Å². The minimum absolute atomic E-state index is 0.0584. The second-order valence-electron chi connectivity index (χ2n) is 5.45. The van der Waals surface area contributed by atoms with E-state index in [1.807, 2.05) is 24.3 Å². The Kier molecular flexibility index (Phi) is 5.63.